The number of carbonyl (C=O) groups excluding carboxylic acids is 4. The van der Waals surface area contributed by atoms with Crippen LogP contribution in [0.15, 0.2) is 60.7 Å². The average molecular weight is 485 g/mol. The van der Waals surface area contributed by atoms with Crippen LogP contribution in [0.4, 0.5) is 0 Å². The molecule has 0 unspecified atom stereocenters. The summed E-state index contributed by atoms with van der Waals surface area (Å²) in [6.45, 7) is 1.32. The summed E-state index contributed by atoms with van der Waals surface area (Å²) in [5.41, 5.74) is 1.82. The molecular weight excluding hydrogens is 452 g/mol. The first-order valence-electron chi connectivity index (χ1n) is 11.6. The molecule has 0 heterocycles. The molecule has 0 fully saturated rings. The van der Waals surface area contributed by atoms with E-state index in [4.69, 9.17) is 14.2 Å². The maximum absolute atomic E-state index is 11.7. The second-order valence-electron chi connectivity index (χ2n) is 7.70. The standard InChI is InChI=1S/C26H32N2O7/c29-23(13-7-15-27-17-25(31)33-19-21-9-3-1-4-10-21)35-24(30)14-8-16-28-18-26(32)34-20-22-11-5-2-6-12-22/h1-6,9-12,27-28H,7-8,13-20H2. The first-order chi connectivity index (χ1) is 17.0. The molecule has 0 amide bonds. The van der Waals surface area contributed by atoms with Crippen LogP contribution in [0.1, 0.15) is 36.8 Å². The summed E-state index contributed by atoms with van der Waals surface area (Å²) in [4.78, 5) is 46.8. The fraction of sp³-hybridized carbons (Fsp3) is 0.385. The summed E-state index contributed by atoms with van der Waals surface area (Å²) in [6, 6.07) is 18.7. The quantitative estimate of drug-likeness (QED) is 0.160. The Morgan fingerprint density at radius 2 is 0.971 bits per heavy atom. The van der Waals surface area contributed by atoms with Crippen molar-refractivity contribution >= 4 is 23.9 Å². The fourth-order valence-corrected chi connectivity index (χ4v) is 2.90. The van der Waals surface area contributed by atoms with Gasteiger partial charge in [-0.2, -0.15) is 0 Å². The lowest BCUT2D eigenvalue weighted by Crippen LogP contribution is -2.26. The lowest BCUT2D eigenvalue weighted by Gasteiger charge is -2.07. The molecule has 2 aromatic carbocycles. The van der Waals surface area contributed by atoms with E-state index < -0.39 is 11.9 Å². The third-order valence-electron chi connectivity index (χ3n) is 4.72. The van der Waals surface area contributed by atoms with E-state index in [-0.39, 0.29) is 51.1 Å². The van der Waals surface area contributed by atoms with Crippen molar-refractivity contribution in [1.82, 2.24) is 10.6 Å². The Hall–Kier alpha value is -3.56. The van der Waals surface area contributed by atoms with Crippen molar-refractivity contribution in [2.24, 2.45) is 0 Å². The first kappa shape index (κ1) is 27.7. The van der Waals surface area contributed by atoms with Gasteiger partial charge in [0.2, 0.25) is 0 Å². The largest absolute Gasteiger partial charge is 0.460 e. The Balaban J connectivity index is 1.40. The molecule has 188 valence electrons. The minimum absolute atomic E-state index is 0.0353. The number of esters is 4. The Morgan fingerprint density at radius 3 is 1.37 bits per heavy atom. The van der Waals surface area contributed by atoms with Crippen LogP contribution in [0.2, 0.25) is 0 Å². The molecule has 2 N–H and O–H groups in total. The molecule has 0 spiro atoms. The van der Waals surface area contributed by atoms with Crippen LogP contribution < -0.4 is 10.6 Å². The van der Waals surface area contributed by atoms with Crippen LogP contribution >= 0.6 is 0 Å². The van der Waals surface area contributed by atoms with Gasteiger partial charge in [-0.25, -0.2) is 0 Å². The molecule has 0 aromatic heterocycles. The van der Waals surface area contributed by atoms with Crippen LogP contribution in [0.25, 0.3) is 0 Å². The van der Waals surface area contributed by atoms with Gasteiger partial charge >= 0.3 is 23.9 Å². The van der Waals surface area contributed by atoms with Gasteiger partial charge < -0.3 is 24.8 Å². The third-order valence-corrected chi connectivity index (χ3v) is 4.72. The van der Waals surface area contributed by atoms with Crippen molar-refractivity contribution in [3.8, 4) is 0 Å². The zero-order valence-corrected chi connectivity index (χ0v) is 19.7. The van der Waals surface area contributed by atoms with Gasteiger partial charge in [0.15, 0.2) is 0 Å². The van der Waals surface area contributed by atoms with Crippen molar-refractivity contribution in [1.29, 1.82) is 0 Å². The Morgan fingerprint density at radius 1 is 0.571 bits per heavy atom. The molecule has 0 bridgehead atoms. The zero-order valence-electron chi connectivity index (χ0n) is 19.7. The highest BCUT2D eigenvalue weighted by atomic mass is 16.6. The van der Waals surface area contributed by atoms with Crippen molar-refractivity contribution in [3.63, 3.8) is 0 Å². The second kappa shape index (κ2) is 17.0. The van der Waals surface area contributed by atoms with Crippen LogP contribution in [0.3, 0.4) is 0 Å². The number of carbonyl (C=O) groups is 4. The van der Waals surface area contributed by atoms with Crippen LogP contribution in [0, 0.1) is 0 Å². The Labute approximate surface area is 205 Å². The van der Waals surface area contributed by atoms with E-state index in [2.05, 4.69) is 10.6 Å². The van der Waals surface area contributed by atoms with Crippen LogP contribution in [0.5, 0.6) is 0 Å². The highest BCUT2D eigenvalue weighted by Gasteiger charge is 2.11. The van der Waals surface area contributed by atoms with E-state index in [0.717, 1.165) is 11.1 Å². The van der Waals surface area contributed by atoms with Gasteiger partial charge in [-0.3, -0.25) is 19.2 Å². The number of nitrogens with one attached hydrogen (secondary N) is 2. The summed E-state index contributed by atoms with van der Waals surface area (Å²) in [5.74, 6) is -1.99. The van der Waals surface area contributed by atoms with Gasteiger partial charge in [0, 0.05) is 12.8 Å². The fourth-order valence-electron chi connectivity index (χ4n) is 2.90. The summed E-state index contributed by atoms with van der Waals surface area (Å²) in [5, 5.41) is 5.78. The van der Waals surface area contributed by atoms with Crippen molar-refractivity contribution in [2.75, 3.05) is 26.2 Å². The molecule has 0 saturated carbocycles. The first-order valence-corrected chi connectivity index (χ1v) is 11.6. The smallest absolute Gasteiger partial charge is 0.320 e. The van der Waals surface area contributed by atoms with Gasteiger partial charge in [0.05, 0.1) is 13.1 Å². The molecule has 0 atom stereocenters. The predicted molar refractivity (Wildman–Crippen MR) is 128 cm³/mol. The lowest BCUT2D eigenvalue weighted by atomic mass is 10.2. The molecular formula is C26H32N2O7. The minimum atomic E-state index is -0.610. The maximum atomic E-state index is 11.7. The normalized spacial score (nSPS) is 10.4. The van der Waals surface area contributed by atoms with E-state index in [0.29, 0.717) is 25.9 Å². The van der Waals surface area contributed by atoms with Crippen LogP contribution in [-0.4, -0.2) is 50.1 Å². The van der Waals surface area contributed by atoms with Crippen molar-refractivity contribution in [3.05, 3.63) is 71.8 Å². The molecule has 0 aliphatic carbocycles. The molecule has 0 aliphatic rings. The molecule has 0 aliphatic heterocycles. The van der Waals surface area contributed by atoms with Gasteiger partial charge in [0.25, 0.3) is 0 Å². The zero-order chi connectivity index (χ0) is 25.1. The van der Waals surface area contributed by atoms with Crippen molar-refractivity contribution < 1.29 is 33.4 Å². The molecule has 9 heteroatoms. The molecule has 0 radical (unpaired) electrons. The van der Waals surface area contributed by atoms with Crippen molar-refractivity contribution in [2.45, 2.75) is 38.9 Å². The third kappa shape index (κ3) is 13.7. The molecule has 2 aromatic rings. The minimum Gasteiger partial charge on any atom is -0.460 e. The lowest BCUT2D eigenvalue weighted by molar-refractivity contribution is -0.159. The number of rotatable bonds is 16. The summed E-state index contributed by atoms with van der Waals surface area (Å²) >= 11 is 0. The van der Waals surface area contributed by atoms with Gasteiger partial charge in [-0.05, 0) is 37.1 Å². The highest BCUT2D eigenvalue weighted by Crippen LogP contribution is 2.02. The summed E-state index contributed by atoms with van der Waals surface area (Å²) < 4.78 is 15.0. The molecule has 35 heavy (non-hydrogen) atoms. The summed E-state index contributed by atoms with van der Waals surface area (Å²) in [6.07, 6.45) is 0.960. The number of hydrogen-bond acceptors (Lipinski definition) is 9. The Kier molecular flexibility index (Phi) is 13.4. The van der Waals surface area contributed by atoms with Gasteiger partial charge in [-0.1, -0.05) is 60.7 Å². The van der Waals surface area contributed by atoms with Gasteiger partial charge in [0.1, 0.15) is 13.2 Å². The highest BCUT2D eigenvalue weighted by molar-refractivity contribution is 5.85. The number of ether oxygens (including phenoxy) is 3. The molecule has 9 nitrogen and oxygen atoms in total. The van der Waals surface area contributed by atoms with E-state index in [1.54, 1.807) is 0 Å². The number of hydrogen-bond donors (Lipinski definition) is 2. The van der Waals surface area contributed by atoms with E-state index in [1.807, 2.05) is 60.7 Å². The predicted octanol–water partition coefficient (Wildman–Crippen LogP) is 2.28. The van der Waals surface area contributed by atoms with E-state index >= 15 is 0 Å². The monoisotopic (exact) mass is 484 g/mol. The molecule has 0 saturated heterocycles. The SMILES string of the molecule is O=C(CNCCCC(=O)OC(=O)CCCNCC(=O)OCc1ccccc1)OCc1ccccc1. The second-order valence-corrected chi connectivity index (χ2v) is 7.70. The van der Waals surface area contributed by atoms with Gasteiger partial charge in [-0.15, -0.1) is 0 Å². The summed E-state index contributed by atoms with van der Waals surface area (Å²) in [7, 11) is 0. The maximum Gasteiger partial charge on any atom is 0.320 e. The topological polar surface area (TPSA) is 120 Å². The van der Waals surface area contributed by atoms with E-state index in [1.165, 1.54) is 0 Å². The number of benzene rings is 2. The average Bonchev–Trinajstić information content (AvgIpc) is 2.87. The van der Waals surface area contributed by atoms with Crippen LogP contribution in [-0.2, 0) is 46.6 Å². The van der Waals surface area contributed by atoms with E-state index in [9.17, 15) is 19.2 Å². The molecule has 2 rings (SSSR count). The Bertz CT molecular complexity index is 844.